The van der Waals surface area contributed by atoms with Crippen LogP contribution in [0.1, 0.15) is 19.2 Å². The number of aryl methyl sites for hydroxylation is 1. The van der Waals surface area contributed by atoms with E-state index in [1.165, 1.54) is 19.2 Å². The number of aromatic nitrogens is 3. The number of aromatic amines is 1. The van der Waals surface area contributed by atoms with Crippen LogP contribution < -0.4 is 4.72 Å². The lowest BCUT2D eigenvalue weighted by Crippen LogP contribution is -2.18. The van der Waals surface area contributed by atoms with E-state index in [9.17, 15) is 18.5 Å². The van der Waals surface area contributed by atoms with Gasteiger partial charge in [0.25, 0.3) is 5.69 Å². The van der Waals surface area contributed by atoms with Crippen molar-refractivity contribution >= 4 is 27.5 Å². The van der Waals surface area contributed by atoms with Crippen LogP contribution >= 0.6 is 11.8 Å². The van der Waals surface area contributed by atoms with E-state index in [4.69, 9.17) is 0 Å². The first-order valence-electron chi connectivity index (χ1n) is 6.68. The van der Waals surface area contributed by atoms with Gasteiger partial charge in [-0.25, -0.2) is 18.1 Å². The number of hydrogen-bond donors (Lipinski definition) is 2. The van der Waals surface area contributed by atoms with Crippen LogP contribution in [-0.4, -0.2) is 35.6 Å². The highest BCUT2D eigenvalue weighted by molar-refractivity contribution is 7.99. The van der Waals surface area contributed by atoms with E-state index in [1.807, 2.05) is 6.92 Å². The summed E-state index contributed by atoms with van der Waals surface area (Å²) >= 11 is 1.01. The number of nitrogens with zero attached hydrogens (tertiary/aromatic N) is 3. The van der Waals surface area contributed by atoms with Crippen LogP contribution in [0, 0.1) is 10.1 Å². The third-order valence-corrected chi connectivity index (χ3v) is 5.25. The maximum absolute atomic E-state index is 11.8. The summed E-state index contributed by atoms with van der Waals surface area (Å²) in [5, 5.41) is 18.3. The quantitative estimate of drug-likeness (QED) is 0.570. The van der Waals surface area contributed by atoms with Gasteiger partial charge < -0.3 is 0 Å². The molecule has 0 fully saturated rings. The molecule has 0 saturated heterocycles. The second-order valence-electron chi connectivity index (χ2n) is 4.51. The zero-order chi connectivity index (χ0) is 17.0. The lowest BCUT2D eigenvalue weighted by atomic mass is 10.3. The summed E-state index contributed by atoms with van der Waals surface area (Å²) in [6, 6.07) is 3.71. The number of nitro benzene ring substituents is 1. The average molecular weight is 357 g/mol. The number of H-pyrrole nitrogens is 1. The lowest BCUT2D eigenvalue weighted by molar-refractivity contribution is -0.388. The highest BCUT2D eigenvalue weighted by atomic mass is 32.2. The molecule has 0 spiro atoms. The van der Waals surface area contributed by atoms with E-state index >= 15 is 0 Å². The first-order valence-corrected chi connectivity index (χ1v) is 8.98. The number of hydrogen-bond acceptors (Lipinski definition) is 7. The highest BCUT2D eigenvalue weighted by Gasteiger charge is 2.22. The zero-order valence-corrected chi connectivity index (χ0v) is 14.1. The van der Waals surface area contributed by atoms with Gasteiger partial charge in [0.1, 0.15) is 5.82 Å². The number of nitro groups is 1. The number of sulfonamides is 1. The standard InChI is InChI=1S/C12H15N5O4S2/c1-3-4-11-14-12(16-15-11)22-10-6-5-8(23(20,21)13-2)7-9(10)17(18)19/h5-7,13H,3-4H2,1-2H3,(H,14,15,16). The second-order valence-corrected chi connectivity index (χ2v) is 7.41. The second kappa shape index (κ2) is 7.06. The molecule has 0 aliphatic rings. The molecule has 2 rings (SSSR count). The van der Waals surface area contributed by atoms with Gasteiger partial charge >= 0.3 is 0 Å². The highest BCUT2D eigenvalue weighted by Crippen LogP contribution is 2.34. The molecule has 124 valence electrons. The molecule has 0 unspecified atom stereocenters. The van der Waals surface area contributed by atoms with Crippen molar-refractivity contribution in [2.45, 2.75) is 34.7 Å². The molecule has 2 aromatic rings. The van der Waals surface area contributed by atoms with E-state index in [-0.39, 0.29) is 15.5 Å². The Kier molecular flexibility index (Phi) is 5.34. The van der Waals surface area contributed by atoms with Gasteiger partial charge in [0.2, 0.25) is 15.2 Å². The minimum Gasteiger partial charge on any atom is -0.262 e. The fraction of sp³-hybridized carbons (Fsp3) is 0.333. The van der Waals surface area contributed by atoms with E-state index < -0.39 is 14.9 Å². The monoisotopic (exact) mass is 357 g/mol. The van der Waals surface area contributed by atoms with E-state index in [1.54, 1.807) is 0 Å². The maximum atomic E-state index is 11.8. The summed E-state index contributed by atoms with van der Waals surface area (Å²) in [6.45, 7) is 2.00. The molecule has 1 aromatic carbocycles. The van der Waals surface area contributed by atoms with Crippen LogP contribution in [0.5, 0.6) is 0 Å². The maximum Gasteiger partial charge on any atom is 0.284 e. The largest absolute Gasteiger partial charge is 0.284 e. The van der Waals surface area contributed by atoms with E-state index in [2.05, 4.69) is 19.9 Å². The van der Waals surface area contributed by atoms with Gasteiger partial charge in [0.05, 0.1) is 14.7 Å². The topological polar surface area (TPSA) is 131 Å². The molecule has 0 saturated carbocycles. The van der Waals surface area contributed by atoms with Crippen molar-refractivity contribution in [3.05, 3.63) is 34.1 Å². The van der Waals surface area contributed by atoms with Gasteiger partial charge in [0.15, 0.2) is 0 Å². The van der Waals surface area contributed by atoms with Gasteiger partial charge in [-0.1, -0.05) is 6.92 Å². The fourth-order valence-corrected chi connectivity index (χ4v) is 3.35. The van der Waals surface area contributed by atoms with Crippen LogP contribution in [0.2, 0.25) is 0 Å². The van der Waals surface area contributed by atoms with Gasteiger partial charge in [-0.3, -0.25) is 15.2 Å². The Bertz CT molecular complexity index is 819. The number of benzene rings is 1. The Morgan fingerprint density at radius 2 is 2.17 bits per heavy atom. The zero-order valence-electron chi connectivity index (χ0n) is 12.4. The lowest BCUT2D eigenvalue weighted by Gasteiger charge is -2.04. The smallest absolute Gasteiger partial charge is 0.262 e. The van der Waals surface area contributed by atoms with Gasteiger partial charge in [0, 0.05) is 12.5 Å². The molecule has 0 radical (unpaired) electrons. The predicted molar refractivity (Wildman–Crippen MR) is 83.8 cm³/mol. The Labute approximate surface area is 137 Å². The fourth-order valence-electron chi connectivity index (χ4n) is 1.78. The molecule has 23 heavy (non-hydrogen) atoms. The molecule has 0 aliphatic carbocycles. The molecule has 0 amide bonds. The molecule has 1 heterocycles. The van der Waals surface area contributed by atoms with Crippen LogP contribution in [0.25, 0.3) is 0 Å². The molecule has 11 heteroatoms. The number of rotatable bonds is 7. The van der Waals surface area contributed by atoms with Crippen LogP contribution in [-0.2, 0) is 16.4 Å². The first-order chi connectivity index (χ1) is 10.9. The van der Waals surface area contributed by atoms with Crippen LogP contribution in [0.3, 0.4) is 0 Å². The van der Waals surface area contributed by atoms with Gasteiger partial charge in [-0.2, -0.15) is 0 Å². The molecule has 0 atom stereocenters. The van der Waals surface area contributed by atoms with E-state index in [0.29, 0.717) is 11.0 Å². The van der Waals surface area contributed by atoms with Crippen molar-refractivity contribution < 1.29 is 13.3 Å². The molecule has 1 aromatic heterocycles. The van der Waals surface area contributed by atoms with Crippen molar-refractivity contribution in [2.75, 3.05) is 7.05 Å². The van der Waals surface area contributed by atoms with Crippen molar-refractivity contribution in [1.29, 1.82) is 0 Å². The Hall–Kier alpha value is -1.98. The first kappa shape index (κ1) is 17.4. The van der Waals surface area contributed by atoms with Crippen molar-refractivity contribution in [3.63, 3.8) is 0 Å². The summed E-state index contributed by atoms with van der Waals surface area (Å²) in [4.78, 5) is 14.9. The van der Waals surface area contributed by atoms with Crippen molar-refractivity contribution in [1.82, 2.24) is 19.9 Å². The van der Waals surface area contributed by atoms with Crippen LogP contribution in [0.15, 0.2) is 33.1 Å². The third kappa shape index (κ3) is 4.06. The Morgan fingerprint density at radius 3 is 2.78 bits per heavy atom. The van der Waals surface area contributed by atoms with Gasteiger partial charge in [-0.15, -0.1) is 5.10 Å². The summed E-state index contributed by atoms with van der Waals surface area (Å²) in [6.07, 6.45) is 1.63. The molecule has 0 aliphatic heterocycles. The Morgan fingerprint density at radius 1 is 1.43 bits per heavy atom. The molecular weight excluding hydrogens is 342 g/mol. The van der Waals surface area contributed by atoms with Gasteiger partial charge in [-0.05, 0) is 37.4 Å². The van der Waals surface area contributed by atoms with Crippen molar-refractivity contribution in [2.24, 2.45) is 0 Å². The molecule has 2 N–H and O–H groups in total. The summed E-state index contributed by atoms with van der Waals surface area (Å²) in [5.74, 6) is 0.701. The Balaban J connectivity index is 2.36. The minimum absolute atomic E-state index is 0.169. The number of nitrogens with one attached hydrogen (secondary N) is 2. The molecule has 0 bridgehead atoms. The van der Waals surface area contributed by atoms with Crippen molar-refractivity contribution in [3.8, 4) is 0 Å². The third-order valence-electron chi connectivity index (χ3n) is 2.91. The van der Waals surface area contributed by atoms with E-state index in [0.717, 1.165) is 30.7 Å². The van der Waals surface area contributed by atoms with Crippen LogP contribution in [0.4, 0.5) is 5.69 Å². The predicted octanol–water partition coefficient (Wildman–Crippen LogP) is 1.72. The normalized spacial score (nSPS) is 11.6. The SMILES string of the molecule is CCCc1nc(Sc2ccc(S(=O)(=O)NC)cc2[N+](=O)[O-])n[nH]1. The summed E-state index contributed by atoms with van der Waals surface area (Å²) < 4.78 is 25.6. The average Bonchev–Trinajstić information content (AvgIpc) is 2.95. The molecular formula is C12H15N5O4S2. The summed E-state index contributed by atoms with van der Waals surface area (Å²) in [5.41, 5.74) is -0.312. The summed E-state index contributed by atoms with van der Waals surface area (Å²) in [7, 11) is -2.51. The molecule has 9 nitrogen and oxygen atoms in total. The minimum atomic E-state index is -3.75.